The molecule has 0 unspecified atom stereocenters. The molecule has 0 radical (unpaired) electrons. The van der Waals surface area contributed by atoms with Crippen molar-refractivity contribution in [1.82, 2.24) is 0 Å². The highest BCUT2D eigenvalue weighted by Gasteiger charge is 2.23. The molecular weight excluding hydrogens is 440 g/mol. The highest BCUT2D eigenvalue weighted by Crippen LogP contribution is 2.40. The fourth-order valence-corrected chi connectivity index (χ4v) is 4.70. The summed E-state index contributed by atoms with van der Waals surface area (Å²) in [4.78, 5) is 0. The molecule has 0 spiro atoms. The van der Waals surface area contributed by atoms with Crippen LogP contribution >= 0.6 is 0 Å². The Labute approximate surface area is 214 Å². The molecule has 1 fully saturated rings. The fourth-order valence-electron chi connectivity index (χ4n) is 4.70. The lowest BCUT2D eigenvalue weighted by Crippen LogP contribution is -2.12. The Hall–Kier alpha value is -4.18. The molecule has 0 atom stereocenters. The Morgan fingerprint density at radius 2 is 0.639 bits per heavy atom. The van der Waals surface area contributed by atoms with Crippen LogP contribution in [0.3, 0.4) is 0 Å². The topological polar surface area (TPSA) is 104 Å². The van der Waals surface area contributed by atoms with Gasteiger partial charge in [-0.1, -0.05) is 60.7 Å². The summed E-state index contributed by atoms with van der Waals surface area (Å²) in [5.74, 6) is 1.39. The van der Waals surface area contributed by atoms with Crippen LogP contribution in [0, 0.1) is 0 Å². The summed E-state index contributed by atoms with van der Waals surface area (Å²) >= 11 is 0. The second-order valence-corrected chi connectivity index (χ2v) is 9.55. The molecule has 36 heavy (non-hydrogen) atoms. The van der Waals surface area contributed by atoms with E-state index in [0.29, 0.717) is 11.8 Å². The Balaban J connectivity index is 0.000000174. The van der Waals surface area contributed by atoms with Crippen molar-refractivity contribution in [3.05, 3.63) is 119 Å². The molecular formula is C32H36N4. The van der Waals surface area contributed by atoms with Gasteiger partial charge in [0.05, 0.1) is 0 Å². The minimum absolute atomic E-state index is 0.695. The maximum absolute atomic E-state index is 5.76. The van der Waals surface area contributed by atoms with Crippen LogP contribution in [0.15, 0.2) is 97.1 Å². The summed E-state index contributed by atoms with van der Waals surface area (Å²) in [6, 6.07) is 32.3. The summed E-state index contributed by atoms with van der Waals surface area (Å²) in [5.41, 5.74) is 31.1. The van der Waals surface area contributed by atoms with E-state index >= 15 is 0 Å². The quantitative estimate of drug-likeness (QED) is 0.183. The zero-order valence-corrected chi connectivity index (χ0v) is 20.7. The average molecular weight is 477 g/mol. The van der Waals surface area contributed by atoms with Crippen molar-refractivity contribution in [2.24, 2.45) is 0 Å². The van der Waals surface area contributed by atoms with Gasteiger partial charge in [-0.15, -0.1) is 0 Å². The van der Waals surface area contributed by atoms with E-state index in [1.54, 1.807) is 0 Å². The van der Waals surface area contributed by atoms with Crippen molar-refractivity contribution >= 4 is 34.9 Å². The zero-order chi connectivity index (χ0) is 25.3. The summed E-state index contributed by atoms with van der Waals surface area (Å²) in [6.45, 7) is 0. The normalized spacial score (nSPS) is 17.3. The van der Waals surface area contributed by atoms with Crippen molar-refractivity contribution in [3.8, 4) is 0 Å². The predicted molar refractivity (Wildman–Crippen MR) is 156 cm³/mol. The van der Waals surface area contributed by atoms with Crippen molar-refractivity contribution in [2.75, 3.05) is 22.9 Å². The maximum atomic E-state index is 5.76. The van der Waals surface area contributed by atoms with Crippen LogP contribution < -0.4 is 22.9 Å². The van der Waals surface area contributed by atoms with Crippen molar-refractivity contribution < 1.29 is 0 Å². The third kappa shape index (κ3) is 7.16. The number of nitrogens with two attached hydrogens (primary N) is 4. The Bertz CT molecular complexity index is 1130. The lowest BCUT2D eigenvalue weighted by atomic mass is 9.76. The second kappa shape index (κ2) is 12.0. The van der Waals surface area contributed by atoms with Crippen LogP contribution in [0.5, 0.6) is 0 Å². The lowest BCUT2D eigenvalue weighted by Gasteiger charge is -2.29. The lowest BCUT2D eigenvalue weighted by molar-refractivity contribution is 0.396. The standard InChI is InChI=1S/C18H22N2.C14H14N2/c19-17-9-5-15(6-10-17)13-1-2-14(4-3-13)16-7-11-18(20)12-8-16;15-13-7-3-11(4-8-13)1-2-12-5-9-14(16)10-6-12/h5-14H,1-4,19-20H2;1-10H,15-16H2. The highest BCUT2D eigenvalue weighted by atomic mass is 14.5. The van der Waals surface area contributed by atoms with E-state index in [1.165, 1.54) is 36.8 Å². The molecule has 0 heterocycles. The molecule has 0 bridgehead atoms. The molecule has 4 nitrogen and oxygen atoms in total. The SMILES string of the molecule is Nc1ccc(C2CCC(c3ccc(N)cc3)CC2)cc1.Nc1ccc(C=Cc2ccc(N)cc2)cc1. The van der Waals surface area contributed by atoms with E-state index in [-0.39, 0.29) is 0 Å². The first kappa shape index (κ1) is 24.9. The summed E-state index contributed by atoms with van der Waals surface area (Å²) < 4.78 is 0. The minimum atomic E-state index is 0.695. The molecule has 8 N–H and O–H groups in total. The summed E-state index contributed by atoms with van der Waals surface area (Å²) in [6.07, 6.45) is 9.14. The number of rotatable bonds is 4. The van der Waals surface area contributed by atoms with Gasteiger partial charge in [0.15, 0.2) is 0 Å². The van der Waals surface area contributed by atoms with Crippen LogP contribution in [0.4, 0.5) is 22.7 Å². The van der Waals surface area contributed by atoms with Gasteiger partial charge in [-0.3, -0.25) is 0 Å². The molecule has 4 aromatic rings. The van der Waals surface area contributed by atoms with E-state index < -0.39 is 0 Å². The molecule has 1 saturated carbocycles. The fraction of sp³-hybridized carbons (Fsp3) is 0.188. The molecule has 1 aliphatic rings. The number of hydrogen-bond acceptors (Lipinski definition) is 4. The van der Waals surface area contributed by atoms with Gasteiger partial charge in [-0.25, -0.2) is 0 Å². The Morgan fingerprint density at radius 3 is 0.917 bits per heavy atom. The van der Waals surface area contributed by atoms with Crippen LogP contribution in [0.1, 0.15) is 59.8 Å². The van der Waals surface area contributed by atoms with Crippen LogP contribution in [-0.2, 0) is 0 Å². The molecule has 1 aliphatic carbocycles. The van der Waals surface area contributed by atoms with Gasteiger partial charge in [0.1, 0.15) is 0 Å². The number of nitrogen functional groups attached to an aromatic ring is 4. The molecule has 184 valence electrons. The molecule has 0 saturated heterocycles. The second-order valence-electron chi connectivity index (χ2n) is 9.55. The first-order valence-corrected chi connectivity index (χ1v) is 12.6. The van der Waals surface area contributed by atoms with Crippen molar-refractivity contribution in [3.63, 3.8) is 0 Å². The van der Waals surface area contributed by atoms with Crippen LogP contribution in [0.2, 0.25) is 0 Å². The van der Waals surface area contributed by atoms with Gasteiger partial charge in [-0.05, 0) is 108 Å². The van der Waals surface area contributed by atoms with E-state index in [1.807, 2.05) is 84.9 Å². The largest absolute Gasteiger partial charge is 0.399 e. The molecule has 0 amide bonds. The monoisotopic (exact) mass is 476 g/mol. The maximum Gasteiger partial charge on any atom is 0.0314 e. The number of anilines is 4. The van der Waals surface area contributed by atoms with Crippen molar-refractivity contribution in [2.45, 2.75) is 37.5 Å². The third-order valence-corrected chi connectivity index (χ3v) is 6.88. The first-order valence-electron chi connectivity index (χ1n) is 12.6. The first-order chi connectivity index (χ1) is 17.5. The molecule has 4 heteroatoms. The van der Waals surface area contributed by atoms with E-state index in [2.05, 4.69) is 24.3 Å². The number of benzene rings is 4. The van der Waals surface area contributed by atoms with Gasteiger partial charge in [-0.2, -0.15) is 0 Å². The van der Waals surface area contributed by atoms with Gasteiger partial charge < -0.3 is 22.9 Å². The molecule has 4 aromatic carbocycles. The van der Waals surface area contributed by atoms with Gasteiger partial charge in [0, 0.05) is 22.7 Å². The van der Waals surface area contributed by atoms with Gasteiger partial charge >= 0.3 is 0 Å². The Kier molecular flexibility index (Phi) is 8.30. The van der Waals surface area contributed by atoms with Crippen LogP contribution in [0.25, 0.3) is 12.2 Å². The molecule has 0 aromatic heterocycles. The third-order valence-electron chi connectivity index (χ3n) is 6.88. The average Bonchev–Trinajstić information content (AvgIpc) is 2.91. The van der Waals surface area contributed by atoms with Gasteiger partial charge in [0.25, 0.3) is 0 Å². The van der Waals surface area contributed by atoms with Crippen LogP contribution in [-0.4, -0.2) is 0 Å². The summed E-state index contributed by atoms with van der Waals surface area (Å²) in [7, 11) is 0. The van der Waals surface area contributed by atoms with E-state index in [0.717, 1.165) is 33.9 Å². The Morgan fingerprint density at radius 1 is 0.389 bits per heavy atom. The molecule has 0 aliphatic heterocycles. The van der Waals surface area contributed by atoms with E-state index in [9.17, 15) is 0 Å². The zero-order valence-electron chi connectivity index (χ0n) is 20.7. The highest BCUT2D eigenvalue weighted by molar-refractivity contribution is 5.70. The summed E-state index contributed by atoms with van der Waals surface area (Å²) in [5, 5.41) is 0. The van der Waals surface area contributed by atoms with Crippen molar-refractivity contribution in [1.29, 1.82) is 0 Å². The minimum Gasteiger partial charge on any atom is -0.399 e. The smallest absolute Gasteiger partial charge is 0.0314 e. The molecule has 5 rings (SSSR count). The van der Waals surface area contributed by atoms with E-state index in [4.69, 9.17) is 22.9 Å². The van der Waals surface area contributed by atoms with Gasteiger partial charge in [0.2, 0.25) is 0 Å². The number of hydrogen-bond donors (Lipinski definition) is 4. The predicted octanol–water partition coefficient (Wildman–Crippen LogP) is 7.31.